The number of benzene rings is 1. The lowest BCUT2D eigenvalue weighted by Gasteiger charge is -2.08. The van der Waals surface area contributed by atoms with Gasteiger partial charge in [-0.25, -0.2) is 4.98 Å². The van der Waals surface area contributed by atoms with Gasteiger partial charge in [0, 0.05) is 23.9 Å². The molecule has 0 atom stereocenters. The first-order valence-electron chi connectivity index (χ1n) is 6.60. The molecule has 0 aliphatic heterocycles. The molecule has 0 saturated carbocycles. The standard InChI is InChI=1S/C15H18N2O3S/c1-19-13-6-4-3-5-11(13)9-16-15-17-12(10-21-15)7-8-14(18)20-2/h3-6,10H,7-9H2,1-2H3,(H,16,17). The summed E-state index contributed by atoms with van der Waals surface area (Å²) in [4.78, 5) is 15.5. The Labute approximate surface area is 127 Å². The number of nitrogens with zero attached hydrogens (tertiary/aromatic N) is 1. The number of esters is 1. The summed E-state index contributed by atoms with van der Waals surface area (Å²) < 4.78 is 9.92. The minimum atomic E-state index is -0.216. The summed E-state index contributed by atoms with van der Waals surface area (Å²) in [5.41, 5.74) is 1.97. The lowest BCUT2D eigenvalue weighted by atomic mass is 10.2. The molecular weight excluding hydrogens is 288 g/mol. The van der Waals surface area contributed by atoms with E-state index in [9.17, 15) is 4.79 Å². The molecule has 0 fully saturated rings. The van der Waals surface area contributed by atoms with E-state index in [4.69, 9.17) is 4.74 Å². The van der Waals surface area contributed by atoms with E-state index in [1.54, 1.807) is 7.11 Å². The average Bonchev–Trinajstić information content (AvgIpc) is 2.98. The molecule has 0 bridgehead atoms. The molecule has 1 N–H and O–H groups in total. The molecule has 6 heteroatoms. The van der Waals surface area contributed by atoms with Gasteiger partial charge in [0.2, 0.25) is 0 Å². The molecule has 0 radical (unpaired) electrons. The molecular formula is C15H18N2O3S. The topological polar surface area (TPSA) is 60.5 Å². The minimum absolute atomic E-state index is 0.216. The van der Waals surface area contributed by atoms with Crippen molar-refractivity contribution in [2.75, 3.05) is 19.5 Å². The highest BCUT2D eigenvalue weighted by molar-refractivity contribution is 7.13. The third-order valence-corrected chi connectivity index (χ3v) is 3.84. The summed E-state index contributed by atoms with van der Waals surface area (Å²) in [6.07, 6.45) is 0.950. The molecule has 0 unspecified atom stereocenters. The number of para-hydroxylation sites is 1. The first-order valence-corrected chi connectivity index (χ1v) is 7.48. The number of thiazole rings is 1. The van der Waals surface area contributed by atoms with Crippen molar-refractivity contribution in [1.29, 1.82) is 0 Å². The van der Waals surface area contributed by atoms with Gasteiger partial charge < -0.3 is 14.8 Å². The zero-order chi connectivity index (χ0) is 15.1. The third-order valence-electron chi connectivity index (χ3n) is 2.99. The Bertz CT molecular complexity index is 598. The fraction of sp³-hybridized carbons (Fsp3) is 0.333. The molecule has 1 aromatic heterocycles. The number of aromatic nitrogens is 1. The second-order valence-electron chi connectivity index (χ2n) is 4.39. The maximum Gasteiger partial charge on any atom is 0.305 e. The van der Waals surface area contributed by atoms with E-state index in [1.165, 1.54) is 18.4 Å². The maximum atomic E-state index is 11.1. The molecule has 0 amide bonds. The van der Waals surface area contributed by atoms with Crippen molar-refractivity contribution in [3.63, 3.8) is 0 Å². The van der Waals surface area contributed by atoms with Crippen molar-refractivity contribution in [1.82, 2.24) is 4.98 Å². The Kier molecular flexibility index (Phi) is 5.57. The van der Waals surface area contributed by atoms with E-state index < -0.39 is 0 Å². The average molecular weight is 306 g/mol. The van der Waals surface area contributed by atoms with Crippen molar-refractivity contribution < 1.29 is 14.3 Å². The normalized spacial score (nSPS) is 10.2. The molecule has 2 rings (SSSR count). The van der Waals surface area contributed by atoms with E-state index in [2.05, 4.69) is 15.0 Å². The molecule has 0 saturated heterocycles. The summed E-state index contributed by atoms with van der Waals surface area (Å²) in [6, 6.07) is 7.86. The van der Waals surface area contributed by atoms with Gasteiger partial charge in [0.05, 0.1) is 26.3 Å². The van der Waals surface area contributed by atoms with Crippen molar-refractivity contribution in [2.45, 2.75) is 19.4 Å². The summed E-state index contributed by atoms with van der Waals surface area (Å²) in [6.45, 7) is 0.647. The number of aryl methyl sites for hydroxylation is 1. The van der Waals surface area contributed by atoms with Crippen LogP contribution in [0.1, 0.15) is 17.7 Å². The Morgan fingerprint density at radius 3 is 2.90 bits per heavy atom. The van der Waals surface area contributed by atoms with Crippen LogP contribution in [-0.2, 0) is 22.5 Å². The number of carbonyl (C=O) groups is 1. The number of hydrogen-bond acceptors (Lipinski definition) is 6. The largest absolute Gasteiger partial charge is 0.496 e. The number of anilines is 1. The molecule has 1 heterocycles. The van der Waals surface area contributed by atoms with Gasteiger partial charge in [-0.05, 0) is 6.07 Å². The van der Waals surface area contributed by atoms with E-state index in [0.717, 1.165) is 22.1 Å². The van der Waals surface area contributed by atoms with E-state index >= 15 is 0 Å². The SMILES string of the molecule is COC(=O)CCc1csc(NCc2ccccc2OC)n1. The lowest BCUT2D eigenvalue weighted by molar-refractivity contribution is -0.140. The molecule has 112 valence electrons. The number of rotatable bonds is 7. The van der Waals surface area contributed by atoms with Crippen LogP contribution in [0.15, 0.2) is 29.6 Å². The van der Waals surface area contributed by atoms with Gasteiger partial charge in [-0.3, -0.25) is 4.79 Å². The summed E-state index contributed by atoms with van der Waals surface area (Å²) in [7, 11) is 3.05. The number of hydrogen-bond donors (Lipinski definition) is 1. The Hall–Kier alpha value is -2.08. The van der Waals surface area contributed by atoms with Crippen LogP contribution in [0.5, 0.6) is 5.75 Å². The number of carbonyl (C=O) groups excluding carboxylic acids is 1. The second kappa shape index (κ2) is 7.64. The Balaban J connectivity index is 1.89. The third kappa shape index (κ3) is 4.46. The first-order chi connectivity index (χ1) is 10.2. The van der Waals surface area contributed by atoms with Crippen molar-refractivity contribution >= 4 is 22.4 Å². The zero-order valence-corrected chi connectivity index (χ0v) is 12.9. The number of methoxy groups -OCH3 is 2. The van der Waals surface area contributed by atoms with Crippen LogP contribution in [0.2, 0.25) is 0 Å². The summed E-state index contributed by atoms with van der Waals surface area (Å²) >= 11 is 1.53. The monoisotopic (exact) mass is 306 g/mol. The Morgan fingerprint density at radius 2 is 2.14 bits per heavy atom. The molecule has 5 nitrogen and oxygen atoms in total. The smallest absolute Gasteiger partial charge is 0.305 e. The Morgan fingerprint density at radius 1 is 1.33 bits per heavy atom. The van der Waals surface area contributed by atoms with Gasteiger partial charge in [0.15, 0.2) is 5.13 Å². The predicted molar refractivity (Wildman–Crippen MR) is 82.8 cm³/mol. The van der Waals surface area contributed by atoms with Crippen LogP contribution in [0.25, 0.3) is 0 Å². The molecule has 0 aliphatic carbocycles. The van der Waals surface area contributed by atoms with Crippen LogP contribution in [0.3, 0.4) is 0 Å². The summed E-state index contributed by atoms with van der Waals surface area (Å²) in [5.74, 6) is 0.638. The first kappa shape index (κ1) is 15.3. The molecule has 0 spiro atoms. The highest BCUT2D eigenvalue weighted by Crippen LogP contribution is 2.21. The number of ether oxygens (including phenoxy) is 2. The van der Waals surface area contributed by atoms with Crippen LogP contribution in [0.4, 0.5) is 5.13 Å². The predicted octanol–water partition coefficient (Wildman–Crippen LogP) is 2.87. The van der Waals surface area contributed by atoms with E-state index in [0.29, 0.717) is 19.4 Å². The van der Waals surface area contributed by atoms with Crippen LogP contribution < -0.4 is 10.1 Å². The van der Waals surface area contributed by atoms with Gasteiger partial charge >= 0.3 is 5.97 Å². The highest BCUT2D eigenvalue weighted by atomic mass is 32.1. The maximum absolute atomic E-state index is 11.1. The number of nitrogens with one attached hydrogen (secondary N) is 1. The molecule has 1 aromatic carbocycles. The summed E-state index contributed by atoms with van der Waals surface area (Å²) in [5, 5.41) is 6.05. The molecule has 2 aromatic rings. The van der Waals surface area contributed by atoms with Crippen LogP contribution >= 0.6 is 11.3 Å². The molecule has 21 heavy (non-hydrogen) atoms. The van der Waals surface area contributed by atoms with Crippen LogP contribution in [-0.4, -0.2) is 25.2 Å². The van der Waals surface area contributed by atoms with Crippen LogP contribution in [0, 0.1) is 0 Å². The quantitative estimate of drug-likeness (QED) is 0.797. The van der Waals surface area contributed by atoms with E-state index in [1.807, 2.05) is 29.6 Å². The van der Waals surface area contributed by atoms with Gasteiger partial charge in [-0.15, -0.1) is 11.3 Å². The zero-order valence-electron chi connectivity index (χ0n) is 12.1. The van der Waals surface area contributed by atoms with Crippen molar-refractivity contribution in [3.05, 3.63) is 40.9 Å². The minimum Gasteiger partial charge on any atom is -0.496 e. The second-order valence-corrected chi connectivity index (χ2v) is 5.24. The van der Waals surface area contributed by atoms with Crippen molar-refractivity contribution in [2.24, 2.45) is 0 Å². The van der Waals surface area contributed by atoms with Gasteiger partial charge in [0.1, 0.15) is 5.75 Å². The van der Waals surface area contributed by atoms with Gasteiger partial charge in [-0.2, -0.15) is 0 Å². The van der Waals surface area contributed by atoms with Gasteiger partial charge in [0.25, 0.3) is 0 Å². The van der Waals surface area contributed by atoms with Gasteiger partial charge in [-0.1, -0.05) is 18.2 Å². The fourth-order valence-electron chi connectivity index (χ4n) is 1.86. The molecule has 0 aliphatic rings. The lowest BCUT2D eigenvalue weighted by Crippen LogP contribution is -2.03. The van der Waals surface area contributed by atoms with E-state index in [-0.39, 0.29) is 5.97 Å². The fourth-order valence-corrected chi connectivity index (χ4v) is 2.60. The van der Waals surface area contributed by atoms with Crippen molar-refractivity contribution in [3.8, 4) is 5.75 Å². The highest BCUT2D eigenvalue weighted by Gasteiger charge is 2.07.